The molecule has 3 aliphatic rings. The van der Waals surface area contributed by atoms with Gasteiger partial charge >= 0.3 is 0 Å². The second-order valence-corrected chi connectivity index (χ2v) is 10.6. The summed E-state index contributed by atoms with van der Waals surface area (Å²) in [6.45, 7) is 8.62. The quantitative estimate of drug-likeness (QED) is 0.570. The number of hydrogen-bond acceptors (Lipinski definition) is 8. The van der Waals surface area contributed by atoms with Crippen molar-refractivity contribution in [2.45, 2.75) is 39.2 Å². The molecule has 1 aromatic carbocycles. The first-order valence-corrected chi connectivity index (χ1v) is 13.3. The number of hydrogen-bond donors (Lipinski definition) is 1. The molecule has 34 heavy (non-hydrogen) atoms. The summed E-state index contributed by atoms with van der Waals surface area (Å²) >= 11 is 1.87. The van der Waals surface area contributed by atoms with Gasteiger partial charge in [0.1, 0.15) is 29.7 Å². The molecule has 2 aromatic heterocycles. The minimum atomic E-state index is 0.613. The fourth-order valence-corrected chi connectivity index (χ4v) is 6.51. The maximum Gasteiger partial charge on any atom is 0.161 e. The van der Waals surface area contributed by atoms with Crippen LogP contribution in [0.4, 0.5) is 5.82 Å². The standard InChI is InChI=1S/C26H32N4O3S/c1-17-2-4-19-22(14-17)34-26-24(19)25(28-23(29-26)16-30-8-10-31-11-9-30)27-7-6-18-3-5-20-21(15-18)33-13-12-32-20/h3,5,15,17H,2,4,6-14,16H2,1H3,(H,27,28,29)/t17-/m1/s1. The van der Waals surface area contributed by atoms with Gasteiger partial charge in [0.15, 0.2) is 11.5 Å². The largest absolute Gasteiger partial charge is 0.486 e. The molecule has 3 aromatic rings. The summed E-state index contributed by atoms with van der Waals surface area (Å²) in [6, 6.07) is 6.25. The Balaban J connectivity index is 1.25. The summed E-state index contributed by atoms with van der Waals surface area (Å²) in [6.07, 6.45) is 4.42. The van der Waals surface area contributed by atoms with Crippen LogP contribution in [-0.4, -0.2) is 60.9 Å². The van der Waals surface area contributed by atoms with Crippen molar-refractivity contribution in [2.24, 2.45) is 5.92 Å². The van der Waals surface area contributed by atoms with E-state index in [2.05, 4.69) is 29.3 Å². The number of fused-ring (bicyclic) bond motifs is 4. The van der Waals surface area contributed by atoms with E-state index in [1.165, 1.54) is 27.8 Å². The molecule has 1 aliphatic carbocycles. The molecule has 1 fully saturated rings. The van der Waals surface area contributed by atoms with Crippen LogP contribution in [0.15, 0.2) is 18.2 Å². The highest BCUT2D eigenvalue weighted by molar-refractivity contribution is 7.19. The third-order valence-electron chi connectivity index (χ3n) is 6.98. The van der Waals surface area contributed by atoms with Crippen molar-refractivity contribution in [3.05, 3.63) is 40.0 Å². The number of nitrogens with zero attached hydrogens (tertiary/aromatic N) is 3. The Morgan fingerprint density at radius 3 is 2.82 bits per heavy atom. The predicted octanol–water partition coefficient (Wildman–Crippen LogP) is 4.07. The van der Waals surface area contributed by atoms with E-state index in [1.54, 1.807) is 0 Å². The van der Waals surface area contributed by atoms with Gasteiger partial charge in [0, 0.05) is 24.5 Å². The molecule has 0 spiro atoms. The second kappa shape index (κ2) is 9.68. The molecule has 8 heteroatoms. The first-order valence-electron chi connectivity index (χ1n) is 12.5. The summed E-state index contributed by atoms with van der Waals surface area (Å²) in [5, 5.41) is 4.93. The summed E-state index contributed by atoms with van der Waals surface area (Å²) < 4.78 is 16.9. The minimum absolute atomic E-state index is 0.613. The number of thiophene rings is 1. The molecule has 2 aliphatic heterocycles. The third-order valence-corrected chi connectivity index (χ3v) is 8.13. The highest BCUT2D eigenvalue weighted by Gasteiger charge is 2.24. The van der Waals surface area contributed by atoms with Gasteiger partial charge < -0.3 is 19.5 Å². The average molecular weight is 481 g/mol. The Kier molecular flexibility index (Phi) is 6.28. The Labute approximate surface area is 204 Å². The summed E-state index contributed by atoms with van der Waals surface area (Å²) in [7, 11) is 0. The fraction of sp³-hybridized carbons (Fsp3) is 0.538. The number of rotatable bonds is 6. The van der Waals surface area contributed by atoms with E-state index in [1.807, 2.05) is 17.4 Å². The van der Waals surface area contributed by atoms with Gasteiger partial charge in [0.25, 0.3) is 0 Å². The number of nitrogens with one attached hydrogen (secondary N) is 1. The fourth-order valence-electron chi connectivity index (χ4n) is 5.11. The maximum atomic E-state index is 5.76. The highest BCUT2D eigenvalue weighted by atomic mass is 32.1. The first-order chi connectivity index (χ1) is 16.7. The van der Waals surface area contributed by atoms with E-state index >= 15 is 0 Å². The van der Waals surface area contributed by atoms with Crippen LogP contribution in [0.2, 0.25) is 0 Å². The lowest BCUT2D eigenvalue weighted by atomic mass is 9.89. The van der Waals surface area contributed by atoms with Crippen molar-refractivity contribution in [3.63, 3.8) is 0 Å². The van der Waals surface area contributed by atoms with Crippen molar-refractivity contribution in [1.29, 1.82) is 0 Å². The van der Waals surface area contributed by atoms with Gasteiger partial charge in [-0.25, -0.2) is 9.97 Å². The van der Waals surface area contributed by atoms with E-state index in [9.17, 15) is 0 Å². The lowest BCUT2D eigenvalue weighted by Crippen LogP contribution is -2.36. The normalized spacial score (nSPS) is 20.3. The van der Waals surface area contributed by atoms with Crippen LogP contribution in [0.3, 0.4) is 0 Å². The molecule has 1 saturated heterocycles. The van der Waals surface area contributed by atoms with Crippen molar-refractivity contribution in [2.75, 3.05) is 51.4 Å². The summed E-state index contributed by atoms with van der Waals surface area (Å²) in [4.78, 5) is 15.1. The van der Waals surface area contributed by atoms with E-state index < -0.39 is 0 Å². The van der Waals surface area contributed by atoms with Crippen LogP contribution in [-0.2, 0) is 30.5 Å². The molecule has 180 valence electrons. The first kappa shape index (κ1) is 22.1. The lowest BCUT2D eigenvalue weighted by molar-refractivity contribution is 0.0331. The molecule has 6 rings (SSSR count). The van der Waals surface area contributed by atoms with E-state index in [0.29, 0.717) is 13.2 Å². The lowest BCUT2D eigenvalue weighted by Gasteiger charge is -2.26. The van der Waals surface area contributed by atoms with Crippen LogP contribution in [0.1, 0.15) is 35.2 Å². The van der Waals surface area contributed by atoms with Crippen molar-refractivity contribution >= 4 is 27.4 Å². The average Bonchev–Trinajstić information content (AvgIpc) is 3.22. The second-order valence-electron chi connectivity index (χ2n) is 9.56. The molecular formula is C26H32N4O3S. The Bertz CT molecular complexity index is 1170. The SMILES string of the molecule is C[C@@H]1CCc2c(sc3nc(CN4CCOCC4)nc(NCCc4ccc5c(c4)OCCO5)c23)C1. The van der Waals surface area contributed by atoms with Gasteiger partial charge in [0.2, 0.25) is 0 Å². The number of benzene rings is 1. The van der Waals surface area contributed by atoms with Crippen LogP contribution >= 0.6 is 11.3 Å². The van der Waals surface area contributed by atoms with Crippen LogP contribution in [0, 0.1) is 5.92 Å². The molecular weight excluding hydrogens is 448 g/mol. The predicted molar refractivity (Wildman–Crippen MR) is 134 cm³/mol. The molecule has 0 amide bonds. The van der Waals surface area contributed by atoms with Gasteiger partial charge in [-0.2, -0.15) is 0 Å². The van der Waals surface area contributed by atoms with E-state index in [-0.39, 0.29) is 0 Å². The number of aromatic nitrogens is 2. The Morgan fingerprint density at radius 2 is 1.94 bits per heavy atom. The smallest absolute Gasteiger partial charge is 0.161 e. The van der Waals surface area contributed by atoms with Crippen molar-refractivity contribution in [3.8, 4) is 11.5 Å². The molecule has 0 unspecified atom stereocenters. The van der Waals surface area contributed by atoms with Crippen molar-refractivity contribution in [1.82, 2.24) is 14.9 Å². The zero-order valence-corrected chi connectivity index (χ0v) is 20.6. The third kappa shape index (κ3) is 4.59. The maximum absolute atomic E-state index is 5.76. The summed E-state index contributed by atoms with van der Waals surface area (Å²) in [5.41, 5.74) is 2.70. The number of anilines is 1. The summed E-state index contributed by atoms with van der Waals surface area (Å²) in [5.74, 6) is 4.34. The number of ether oxygens (including phenoxy) is 3. The van der Waals surface area contributed by atoms with Gasteiger partial charge in [-0.3, -0.25) is 4.90 Å². The highest BCUT2D eigenvalue weighted by Crippen LogP contribution is 2.40. The minimum Gasteiger partial charge on any atom is -0.486 e. The van der Waals surface area contributed by atoms with Crippen LogP contribution in [0.25, 0.3) is 10.2 Å². The van der Waals surface area contributed by atoms with Gasteiger partial charge in [-0.15, -0.1) is 11.3 Å². The van der Waals surface area contributed by atoms with Gasteiger partial charge in [0.05, 0.1) is 25.1 Å². The molecule has 0 radical (unpaired) electrons. The molecule has 1 N–H and O–H groups in total. The van der Waals surface area contributed by atoms with Gasteiger partial charge in [-0.05, 0) is 54.9 Å². The van der Waals surface area contributed by atoms with E-state index in [0.717, 1.165) is 92.5 Å². The van der Waals surface area contributed by atoms with Crippen LogP contribution < -0.4 is 14.8 Å². The van der Waals surface area contributed by atoms with E-state index in [4.69, 9.17) is 24.2 Å². The topological polar surface area (TPSA) is 68.7 Å². The number of aryl methyl sites for hydroxylation is 1. The van der Waals surface area contributed by atoms with Crippen molar-refractivity contribution < 1.29 is 14.2 Å². The molecule has 4 heterocycles. The Morgan fingerprint density at radius 1 is 1.09 bits per heavy atom. The Hall–Kier alpha value is -2.42. The molecule has 7 nitrogen and oxygen atoms in total. The molecule has 0 saturated carbocycles. The monoisotopic (exact) mass is 480 g/mol. The zero-order valence-electron chi connectivity index (χ0n) is 19.8. The van der Waals surface area contributed by atoms with Gasteiger partial charge in [-0.1, -0.05) is 13.0 Å². The molecule has 1 atom stereocenters. The number of morpholine rings is 1. The molecule has 0 bridgehead atoms. The zero-order chi connectivity index (χ0) is 22.9. The van der Waals surface area contributed by atoms with Crippen LogP contribution in [0.5, 0.6) is 11.5 Å².